The van der Waals surface area contributed by atoms with Crippen LogP contribution in [0.3, 0.4) is 0 Å². The van der Waals surface area contributed by atoms with Crippen LogP contribution in [0, 0.1) is 13.8 Å². The predicted molar refractivity (Wildman–Crippen MR) is 113 cm³/mol. The van der Waals surface area contributed by atoms with Crippen LogP contribution in [0.4, 0.5) is 0 Å². The number of hydrogen-bond acceptors (Lipinski definition) is 6. The van der Waals surface area contributed by atoms with Gasteiger partial charge in [-0.2, -0.15) is 0 Å². The summed E-state index contributed by atoms with van der Waals surface area (Å²) in [5.74, 6) is 0.270. The number of sulfone groups is 1. The van der Waals surface area contributed by atoms with Gasteiger partial charge in [0.1, 0.15) is 4.83 Å². The number of thioether (sulfide) groups is 1. The van der Waals surface area contributed by atoms with Crippen LogP contribution in [0.2, 0.25) is 5.02 Å². The van der Waals surface area contributed by atoms with Crippen LogP contribution in [-0.2, 0) is 16.4 Å². The number of rotatable bonds is 6. The van der Waals surface area contributed by atoms with Crippen LogP contribution in [0.25, 0.3) is 10.2 Å². The monoisotopic (exact) mass is 442 g/mol. The zero-order chi connectivity index (χ0) is 19.8. The molecule has 0 spiro atoms. The molecule has 27 heavy (non-hydrogen) atoms. The molecule has 0 atom stereocenters. The van der Waals surface area contributed by atoms with Gasteiger partial charge in [-0.25, -0.2) is 13.4 Å². The Morgan fingerprint density at radius 1 is 1.22 bits per heavy atom. The largest absolute Gasteiger partial charge is 0.287 e. The molecular weight excluding hydrogens is 424 g/mol. The van der Waals surface area contributed by atoms with Crippen molar-refractivity contribution >= 4 is 54.8 Å². The number of aromatic nitrogens is 2. The van der Waals surface area contributed by atoms with Crippen LogP contribution in [-0.4, -0.2) is 29.5 Å². The molecule has 3 aromatic rings. The SMILES string of the molecule is CCn1c(SCCS(=O)(=O)c2ccc(Cl)cc2)nc2sc(C)c(C)c2c1=O. The highest BCUT2D eigenvalue weighted by Gasteiger charge is 2.18. The molecular formula is C18H19ClN2O3S3. The maximum Gasteiger partial charge on any atom is 0.263 e. The first-order chi connectivity index (χ1) is 12.7. The van der Waals surface area contributed by atoms with Gasteiger partial charge in [0.2, 0.25) is 0 Å². The molecule has 0 unspecified atom stereocenters. The van der Waals surface area contributed by atoms with E-state index in [0.29, 0.717) is 32.7 Å². The van der Waals surface area contributed by atoms with Crippen molar-refractivity contribution in [2.45, 2.75) is 37.4 Å². The van der Waals surface area contributed by atoms with Crippen molar-refractivity contribution in [3.8, 4) is 0 Å². The molecule has 0 saturated carbocycles. The van der Waals surface area contributed by atoms with Crippen LogP contribution in [0.1, 0.15) is 17.4 Å². The number of hydrogen-bond donors (Lipinski definition) is 0. The second-order valence-electron chi connectivity index (χ2n) is 6.03. The number of aryl methyl sites for hydroxylation is 2. The molecule has 0 amide bonds. The number of fused-ring (bicyclic) bond motifs is 1. The Balaban J connectivity index is 1.85. The number of benzene rings is 1. The van der Waals surface area contributed by atoms with Gasteiger partial charge < -0.3 is 0 Å². The molecule has 2 aromatic heterocycles. The van der Waals surface area contributed by atoms with Crippen LogP contribution >= 0.6 is 34.7 Å². The maximum atomic E-state index is 12.8. The summed E-state index contributed by atoms with van der Waals surface area (Å²) in [7, 11) is -3.41. The smallest absolute Gasteiger partial charge is 0.263 e. The predicted octanol–water partition coefficient (Wildman–Crippen LogP) is 4.31. The lowest BCUT2D eigenvalue weighted by Gasteiger charge is -2.10. The summed E-state index contributed by atoms with van der Waals surface area (Å²) in [5.41, 5.74) is 0.906. The normalized spacial score (nSPS) is 12.0. The lowest BCUT2D eigenvalue weighted by atomic mass is 10.2. The molecule has 0 bridgehead atoms. The quantitative estimate of drug-likeness (QED) is 0.420. The highest BCUT2D eigenvalue weighted by molar-refractivity contribution is 8.00. The lowest BCUT2D eigenvalue weighted by molar-refractivity contribution is 0.597. The van der Waals surface area contributed by atoms with Gasteiger partial charge in [0.25, 0.3) is 5.56 Å². The van der Waals surface area contributed by atoms with E-state index in [4.69, 9.17) is 11.6 Å². The van der Waals surface area contributed by atoms with Gasteiger partial charge in [0.15, 0.2) is 15.0 Å². The molecule has 3 rings (SSSR count). The van der Waals surface area contributed by atoms with Crippen molar-refractivity contribution < 1.29 is 8.42 Å². The van der Waals surface area contributed by atoms with E-state index in [1.54, 1.807) is 16.7 Å². The third kappa shape index (κ3) is 4.08. The third-order valence-corrected chi connectivity index (χ3v) is 8.65. The van der Waals surface area contributed by atoms with E-state index in [2.05, 4.69) is 4.98 Å². The average molecular weight is 443 g/mol. The summed E-state index contributed by atoms with van der Waals surface area (Å²) in [4.78, 5) is 19.5. The molecule has 0 N–H and O–H groups in total. The minimum atomic E-state index is -3.41. The minimum absolute atomic E-state index is 0.0422. The van der Waals surface area contributed by atoms with Gasteiger partial charge in [-0.1, -0.05) is 23.4 Å². The second-order valence-corrected chi connectivity index (χ2v) is 10.8. The molecule has 2 heterocycles. The Kier molecular flexibility index (Phi) is 6.00. The molecule has 144 valence electrons. The Labute approximate surface area is 171 Å². The average Bonchev–Trinajstić information content (AvgIpc) is 2.89. The van der Waals surface area contributed by atoms with Crippen molar-refractivity contribution in [3.05, 3.63) is 50.1 Å². The van der Waals surface area contributed by atoms with Gasteiger partial charge >= 0.3 is 0 Å². The molecule has 0 aliphatic carbocycles. The Hall–Kier alpha value is -1.35. The van der Waals surface area contributed by atoms with Crippen molar-refractivity contribution in [1.82, 2.24) is 9.55 Å². The summed E-state index contributed by atoms with van der Waals surface area (Å²) in [5, 5.41) is 1.72. The van der Waals surface area contributed by atoms with E-state index < -0.39 is 9.84 Å². The van der Waals surface area contributed by atoms with Gasteiger partial charge in [-0.3, -0.25) is 9.36 Å². The van der Waals surface area contributed by atoms with Crippen LogP contribution in [0.15, 0.2) is 39.1 Å². The highest BCUT2D eigenvalue weighted by atomic mass is 35.5. The van der Waals surface area contributed by atoms with Crippen LogP contribution in [0.5, 0.6) is 0 Å². The van der Waals surface area contributed by atoms with E-state index in [-0.39, 0.29) is 16.2 Å². The summed E-state index contributed by atoms with van der Waals surface area (Å²) >= 11 is 8.60. The highest BCUT2D eigenvalue weighted by Crippen LogP contribution is 2.28. The summed E-state index contributed by atoms with van der Waals surface area (Å²) < 4.78 is 26.6. The van der Waals surface area contributed by atoms with E-state index >= 15 is 0 Å². The van der Waals surface area contributed by atoms with Gasteiger partial charge in [0, 0.05) is 22.2 Å². The first-order valence-electron chi connectivity index (χ1n) is 8.36. The summed E-state index contributed by atoms with van der Waals surface area (Å²) in [6.45, 7) is 6.28. The molecule has 0 aliphatic rings. The van der Waals surface area contributed by atoms with Crippen molar-refractivity contribution in [2.75, 3.05) is 11.5 Å². The topological polar surface area (TPSA) is 69.0 Å². The van der Waals surface area contributed by atoms with E-state index in [9.17, 15) is 13.2 Å². The first-order valence-corrected chi connectivity index (χ1v) is 12.2. The third-order valence-electron chi connectivity index (χ3n) is 4.33. The zero-order valence-electron chi connectivity index (χ0n) is 15.2. The van der Waals surface area contributed by atoms with E-state index in [0.717, 1.165) is 10.4 Å². The first kappa shape index (κ1) is 20.4. The molecule has 0 fully saturated rings. The van der Waals surface area contributed by atoms with Crippen molar-refractivity contribution in [1.29, 1.82) is 0 Å². The van der Waals surface area contributed by atoms with E-state index in [1.165, 1.54) is 35.2 Å². The molecule has 9 heteroatoms. The van der Waals surface area contributed by atoms with Crippen LogP contribution < -0.4 is 5.56 Å². The molecule has 0 saturated heterocycles. The Morgan fingerprint density at radius 2 is 1.89 bits per heavy atom. The molecule has 0 radical (unpaired) electrons. The molecule has 0 aliphatic heterocycles. The Bertz CT molecular complexity index is 1150. The minimum Gasteiger partial charge on any atom is -0.287 e. The van der Waals surface area contributed by atoms with Gasteiger partial charge in [0.05, 0.1) is 16.0 Å². The fourth-order valence-corrected chi connectivity index (χ4v) is 6.61. The van der Waals surface area contributed by atoms with Crippen molar-refractivity contribution in [3.63, 3.8) is 0 Å². The fourth-order valence-electron chi connectivity index (χ4n) is 2.70. The van der Waals surface area contributed by atoms with Crippen molar-refractivity contribution in [2.24, 2.45) is 0 Å². The second kappa shape index (κ2) is 7.95. The molecule has 1 aromatic carbocycles. The fraction of sp³-hybridized carbons (Fsp3) is 0.333. The number of halogens is 1. The summed E-state index contributed by atoms with van der Waals surface area (Å²) in [6.07, 6.45) is 0. The van der Waals surface area contributed by atoms with E-state index in [1.807, 2.05) is 20.8 Å². The zero-order valence-corrected chi connectivity index (χ0v) is 18.4. The lowest BCUT2D eigenvalue weighted by Crippen LogP contribution is -2.22. The number of nitrogens with zero attached hydrogens (tertiary/aromatic N) is 2. The maximum absolute atomic E-state index is 12.8. The number of thiophene rings is 1. The molecule has 5 nitrogen and oxygen atoms in total. The standard InChI is InChI=1S/C18H19ClN2O3S3/c1-4-21-17(22)15-11(2)12(3)26-16(15)20-18(21)25-9-10-27(23,24)14-7-5-13(19)6-8-14/h5-8H,4,9-10H2,1-3H3. The summed E-state index contributed by atoms with van der Waals surface area (Å²) in [6, 6.07) is 6.14. The van der Waals surface area contributed by atoms with Gasteiger partial charge in [-0.15, -0.1) is 11.3 Å². The van der Waals surface area contributed by atoms with Gasteiger partial charge in [-0.05, 0) is 50.6 Å². The Morgan fingerprint density at radius 3 is 2.52 bits per heavy atom.